The highest BCUT2D eigenvalue weighted by molar-refractivity contribution is 5.89. The molecule has 1 aromatic heterocycles. The zero-order valence-electron chi connectivity index (χ0n) is 15.2. The molecule has 3 aromatic rings. The number of nitrogens with zero attached hydrogens (tertiary/aromatic N) is 2. The van der Waals surface area contributed by atoms with Crippen molar-refractivity contribution in [3.8, 4) is 5.75 Å². The van der Waals surface area contributed by atoms with Crippen LogP contribution in [0.15, 0.2) is 42.5 Å². The Hall–Kier alpha value is -2.83. The number of aromatic nitrogens is 2. The molecule has 0 spiro atoms. The summed E-state index contributed by atoms with van der Waals surface area (Å²) in [7, 11) is 0. The number of hydrogen-bond donors (Lipinski definition) is 2. The van der Waals surface area contributed by atoms with E-state index in [2.05, 4.69) is 21.2 Å². The summed E-state index contributed by atoms with van der Waals surface area (Å²) in [5, 5.41) is 8.52. The molecule has 0 amide bonds. The van der Waals surface area contributed by atoms with Gasteiger partial charge in [0.05, 0.1) is 24.4 Å². The van der Waals surface area contributed by atoms with Crippen molar-refractivity contribution < 1.29 is 9.47 Å². The Morgan fingerprint density at radius 1 is 1.15 bits per heavy atom. The van der Waals surface area contributed by atoms with Crippen molar-refractivity contribution in [2.75, 3.05) is 45.2 Å². The van der Waals surface area contributed by atoms with Gasteiger partial charge in [-0.1, -0.05) is 18.2 Å². The number of hydrogen-bond acceptors (Lipinski definition) is 5. The van der Waals surface area contributed by atoms with E-state index in [1.54, 1.807) is 0 Å². The maximum absolute atomic E-state index is 6.03. The number of nitrogens with two attached hydrogens (primary N) is 1. The summed E-state index contributed by atoms with van der Waals surface area (Å²) in [6.45, 7) is 5.05. The average Bonchev–Trinajstić information content (AvgIpc) is 3.12. The lowest BCUT2D eigenvalue weighted by molar-refractivity contribution is 0.0322. The van der Waals surface area contributed by atoms with Crippen LogP contribution < -0.4 is 10.5 Å². The Kier molecular flexibility index (Phi) is 5.37. The van der Waals surface area contributed by atoms with Crippen LogP contribution >= 0.6 is 0 Å². The molecule has 1 fully saturated rings. The number of ether oxygens (including phenoxy) is 2. The molecule has 6 nitrogen and oxygen atoms in total. The molecule has 1 aliphatic rings. The number of morpholine rings is 1. The van der Waals surface area contributed by atoms with Crippen LogP contribution in [-0.4, -0.2) is 54.6 Å². The second-order valence-electron chi connectivity index (χ2n) is 6.59. The standard InChI is InChI=1S/C21H24N4O2/c22-17-6-8-21(27-14-11-25-9-12-26-13-10-25)16(15-17)5-7-20-18-3-1-2-4-19(18)23-24-20/h1-8,15H,9-14,22H2,(H,23,24). The lowest BCUT2D eigenvalue weighted by Gasteiger charge is -2.26. The molecule has 0 unspecified atom stereocenters. The van der Waals surface area contributed by atoms with Crippen molar-refractivity contribution in [2.24, 2.45) is 0 Å². The topological polar surface area (TPSA) is 76.4 Å². The van der Waals surface area contributed by atoms with E-state index in [0.29, 0.717) is 12.3 Å². The smallest absolute Gasteiger partial charge is 0.126 e. The quantitative estimate of drug-likeness (QED) is 0.658. The molecule has 1 aliphatic heterocycles. The van der Waals surface area contributed by atoms with Crippen molar-refractivity contribution in [1.29, 1.82) is 0 Å². The minimum Gasteiger partial charge on any atom is -0.492 e. The highest BCUT2D eigenvalue weighted by Crippen LogP contribution is 2.25. The van der Waals surface area contributed by atoms with Crippen molar-refractivity contribution in [3.05, 3.63) is 53.7 Å². The molecule has 0 radical (unpaired) electrons. The van der Waals surface area contributed by atoms with E-state index >= 15 is 0 Å². The van der Waals surface area contributed by atoms with Gasteiger partial charge in [0.25, 0.3) is 0 Å². The van der Waals surface area contributed by atoms with Gasteiger partial charge < -0.3 is 15.2 Å². The number of rotatable bonds is 6. The van der Waals surface area contributed by atoms with Gasteiger partial charge in [-0.15, -0.1) is 0 Å². The molecule has 140 valence electrons. The maximum Gasteiger partial charge on any atom is 0.126 e. The molecule has 4 rings (SSSR count). The number of anilines is 1. The molecule has 0 bridgehead atoms. The first-order chi connectivity index (χ1) is 13.3. The summed E-state index contributed by atoms with van der Waals surface area (Å²) in [6, 6.07) is 13.8. The molecule has 6 heteroatoms. The summed E-state index contributed by atoms with van der Waals surface area (Å²) in [6.07, 6.45) is 3.99. The van der Waals surface area contributed by atoms with Crippen molar-refractivity contribution in [3.63, 3.8) is 0 Å². The lowest BCUT2D eigenvalue weighted by atomic mass is 10.1. The average molecular weight is 364 g/mol. The van der Waals surface area contributed by atoms with E-state index < -0.39 is 0 Å². The van der Waals surface area contributed by atoms with Crippen LogP contribution in [-0.2, 0) is 4.74 Å². The molecule has 2 aromatic carbocycles. The molecule has 2 heterocycles. The number of benzene rings is 2. The Bertz CT molecular complexity index is 929. The molecular formula is C21H24N4O2. The van der Waals surface area contributed by atoms with Gasteiger partial charge in [-0.05, 0) is 36.4 Å². The van der Waals surface area contributed by atoms with Crippen LogP contribution in [0.1, 0.15) is 11.3 Å². The van der Waals surface area contributed by atoms with Gasteiger partial charge in [0.2, 0.25) is 0 Å². The van der Waals surface area contributed by atoms with Crippen molar-refractivity contribution in [1.82, 2.24) is 15.1 Å². The first-order valence-corrected chi connectivity index (χ1v) is 9.23. The predicted octanol–water partition coefficient (Wildman–Crippen LogP) is 3.03. The summed E-state index contributed by atoms with van der Waals surface area (Å²) >= 11 is 0. The van der Waals surface area contributed by atoms with Crippen LogP contribution in [0.3, 0.4) is 0 Å². The molecule has 0 saturated carbocycles. The normalized spacial score (nSPS) is 15.6. The Morgan fingerprint density at radius 3 is 2.89 bits per heavy atom. The molecular weight excluding hydrogens is 340 g/mol. The Balaban J connectivity index is 1.47. The maximum atomic E-state index is 6.03. The molecule has 0 atom stereocenters. The number of nitrogens with one attached hydrogen (secondary N) is 1. The van der Waals surface area contributed by atoms with E-state index in [1.807, 2.05) is 48.6 Å². The van der Waals surface area contributed by atoms with Crippen molar-refractivity contribution in [2.45, 2.75) is 0 Å². The fraction of sp³-hybridized carbons (Fsp3) is 0.286. The van der Waals surface area contributed by atoms with Crippen LogP contribution in [0.25, 0.3) is 23.1 Å². The van der Waals surface area contributed by atoms with Crippen LogP contribution in [0.4, 0.5) is 5.69 Å². The first-order valence-electron chi connectivity index (χ1n) is 9.23. The second-order valence-corrected chi connectivity index (χ2v) is 6.59. The Labute approximate surface area is 158 Å². The first kappa shape index (κ1) is 17.6. The van der Waals surface area contributed by atoms with Crippen LogP contribution in [0.5, 0.6) is 5.75 Å². The van der Waals surface area contributed by atoms with Gasteiger partial charge in [-0.25, -0.2) is 0 Å². The molecule has 1 saturated heterocycles. The fourth-order valence-electron chi connectivity index (χ4n) is 3.22. The number of nitrogen functional groups attached to an aromatic ring is 1. The van der Waals surface area contributed by atoms with E-state index in [1.165, 1.54) is 0 Å². The van der Waals surface area contributed by atoms with Gasteiger partial charge in [0.15, 0.2) is 0 Å². The van der Waals surface area contributed by atoms with E-state index in [0.717, 1.165) is 60.8 Å². The number of H-pyrrole nitrogens is 1. The minimum absolute atomic E-state index is 0.635. The summed E-state index contributed by atoms with van der Waals surface area (Å²) in [4.78, 5) is 2.35. The number of fused-ring (bicyclic) bond motifs is 1. The number of aromatic amines is 1. The zero-order valence-corrected chi connectivity index (χ0v) is 15.2. The minimum atomic E-state index is 0.635. The molecule has 3 N–H and O–H groups in total. The lowest BCUT2D eigenvalue weighted by Crippen LogP contribution is -2.38. The van der Waals surface area contributed by atoms with Gasteiger partial charge >= 0.3 is 0 Å². The zero-order chi connectivity index (χ0) is 18.5. The summed E-state index contributed by atoms with van der Waals surface area (Å²) in [5.74, 6) is 0.827. The molecule has 27 heavy (non-hydrogen) atoms. The summed E-state index contributed by atoms with van der Waals surface area (Å²) in [5.41, 5.74) is 9.55. The van der Waals surface area contributed by atoms with Crippen LogP contribution in [0, 0.1) is 0 Å². The van der Waals surface area contributed by atoms with E-state index in [9.17, 15) is 0 Å². The van der Waals surface area contributed by atoms with Crippen LogP contribution in [0.2, 0.25) is 0 Å². The third-order valence-corrected chi connectivity index (χ3v) is 4.72. The van der Waals surface area contributed by atoms with Gasteiger partial charge in [0, 0.05) is 36.3 Å². The third kappa shape index (κ3) is 4.30. The fourth-order valence-corrected chi connectivity index (χ4v) is 3.22. The van der Waals surface area contributed by atoms with Crippen molar-refractivity contribution >= 4 is 28.7 Å². The highest BCUT2D eigenvalue weighted by atomic mass is 16.5. The van der Waals surface area contributed by atoms with E-state index in [-0.39, 0.29) is 0 Å². The number of para-hydroxylation sites is 1. The monoisotopic (exact) mass is 364 g/mol. The predicted molar refractivity (Wildman–Crippen MR) is 109 cm³/mol. The largest absolute Gasteiger partial charge is 0.492 e. The van der Waals surface area contributed by atoms with Gasteiger partial charge in [-0.2, -0.15) is 5.10 Å². The second kappa shape index (κ2) is 8.24. The van der Waals surface area contributed by atoms with E-state index in [4.69, 9.17) is 15.2 Å². The summed E-state index contributed by atoms with van der Waals surface area (Å²) < 4.78 is 11.4. The Morgan fingerprint density at radius 2 is 2.00 bits per heavy atom. The third-order valence-electron chi connectivity index (χ3n) is 4.72. The highest BCUT2D eigenvalue weighted by Gasteiger charge is 2.10. The SMILES string of the molecule is Nc1ccc(OCCN2CCOCC2)c(C=Cc2n[nH]c3ccccc23)c1. The van der Waals surface area contributed by atoms with Gasteiger partial charge in [-0.3, -0.25) is 10.00 Å². The van der Waals surface area contributed by atoms with Gasteiger partial charge in [0.1, 0.15) is 12.4 Å². The molecule has 0 aliphatic carbocycles.